The molecule has 16 unspecified atom stereocenters. The van der Waals surface area contributed by atoms with Gasteiger partial charge in [0.1, 0.15) is 51.3 Å². The molecule has 3 saturated carbocycles. The molecule has 19 atom stereocenters. The van der Waals surface area contributed by atoms with E-state index in [1.54, 1.807) is 14.2 Å². The van der Waals surface area contributed by atoms with Gasteiger partial charge in [0.2, 0.25) is 0 Å². The lowest BCUT2D eigenvalue weighted by molar-refractivity contribution is -0.130. The first kappa shape index (κ1) is 45.0. The number of benzene rings is 3. The minimum atomic E-state index is 0.195. The number of methoxy groups -OCH3 is 3. The van der Waals surface area contributed by atoms with Crippen molar-refractivity contribution in [3.05, 3.63) is 88.6 Å². The van der Waals surface area contributed by atoms with E-state index in [9.17, 15) is 0 Å². The van der Waals surface area contributed by atoms with Crippen LogP contribution in [-0.4, -0.2) is 91.9 Å². The van der Waals surface area contributed by atoms with Gasteiger partial charge in [0.25, 0.3) is 0 Å². The van der Waals surface area contributed by atoms with Crippen molar-refractivity contribution in [2.24, 2.45) is 40.9 Å². The third-order valence-corrected chi connectivity index (χ3v) is 22.2. The first-order chi connectivity index (χ1) is 35.2. The van der Waals surface area contributed by atoms with E-state index in [1.165, 1.54) is 134 Å². The Labute approximate surface area is 426 Å². The Hall–Kier alpha value is -4.44. The Balaban J connectivity index is 0.817. The zero-order valence-electron chi connectivity index (χ0n) is 44.0. The fourth-order valence-electron chi connectivity index (χ4n) is 19.6. The van der Waals surface area contributed by atoms with Gasteiger partial charge in [-0.25, -0.2) is 0 Å². The van der Waals surface area contributed by atoms with Gasteiger partial charge in [-0.1, -0.05) is 40.0 Å². The minimum Gasteiger partial charge on any atom is -0.497 e. The summed E-state index contributed by atoms with van der Waals surface area (Å²) in [7, 11) is 5.40. The highest BCUT2D eigenvalue weighted by molar-refractivity contribution is 5.86. The smallest absolute Gasteiger partial charge is 0.134 e. The highest BCUT2D eigenvalue weighted by Crippen LogP contribution is 2.63. The van der Waals surface area contributed by atoms with E-state index in [2.05, 4.69) is 97.0 Å². The van der Waals surface area contributed by atoms with Gasteiger partial charge in [0, 0.05) is 106 Å². The van der Waals surface area contributed by atoms with Gasteiger partial charge in [-0.15, -0.1) is 0 Å². The summed E-state index contributed by atoms with van der Waals surface area (Å²) in [5.41, 5.74) is 7.72. The normalized spacial score (nSPS) is 39.9. The number of fused-ring (bicyclic) bond motifs is 12. The molecular formula is C63H77N3O6. The molecule has 6 aromatic rings. The Morgan fingerprint density at radius 1 is 0.556 bits per heavy atom. The molecule has 3 aromatic heterocycles. The number of furan rings is 3. The predicted octanol–water partition coefficient (Wildman–Crippen LogP) is 13.1. The second-order valence-corrected chi connectivity index (χ2v) is 25.3. The molecule has 3 aromatic carbocycles. The molecule has 9 heteroatoms. The molecule has 0 N–H and O–H groups in total. The van der Waals surface area contributed by atoms with E-state index < -0.39 is 0 Å². The maximum Gasteiger partial charge on any atom is 0.134 e. The van der Waals surface area contributed by atoms with Crippen LogP contribution in [0.4, 0.5) is 0 Å². The summed E-state index contributed by atoms with van der Waals surface area (Å²) in [6.45, 7) is 13.7. The van der Waals surface area contributed by atoms with E-state index in [1.807, 2.05) is 7.11 Å². The molecule has 380 valence electrons. The summed E-state index contributed by atoms with van der Waals surface area (Å²) in [6, 6.07) is 22.6. The second kappa shape index (κ2) is 16.5. The summed E-state index contributed by atoms with van der Waals surface area (Å²) in [5.74, 6) is 12.0. The van der Waals surface area contributed by atoms with Crippen molar-refractivity contribution in [3.8, 4) is 17.2 Å². The largest absolute Gasteiger partial charge is 0.497 e. The van der Waals surface area contributed by atoms with Crippen molar-refractivity contribution in [3.63, 3.8) is 0 Å². The average Bonchev–Trinajstić information content (AvgIpc) is 4.04. The number of piperidine rings is 6. The van der Waals surface area contributed by atoms with Crippen LogP contribution >= 0.6 is 0 Å². The number of nitrogens with zero attached hydrogens (tertiary/aromatic N) is 3. The van der Waals surface area contributed by atoms with Crippen molar-refractivity contribution >= 4 is 32.9 Å². The summed E-state index contributed by atoms with van der Waals surface area (Å²) in [6.07, 6.45) is 15.8. The summed E-state index contributed by atoms with van der Waals surface area (Å²) in [4.78, 5) is 9.26. The third-order valence-electron chi connectivity index (χ3n) is 22.2. The molecule has 0 amide bonds. The molecule has 12 bridgehead atoms. The maximum atomic E-state index is 7.27. The fourth-order valence-corrected chi connectivity index (χ4v) is 19.6. The second-order valence-electron chi connectivity index (χ2n) is 25.3. The van der Waals surface area contributed by atoms with Gasteiger partial charge in [0.15, 0.2) is 0 Å². The highest BCUT2D eigenvalue weighted by Gasteiger charge is 2.62. The van der Waals surface area contributed by atoms with E-state index in [0.29, 0.717) is 77.7 Å². The predicted molar refractivity (Wildman–Crippen MR) is 283 cm³/mol. The molecule has 6 saturated heterocycles. The highest BCUT2D eigenvalue weighted by atomic mass is 16.5. The zero-order chi connectivity index (χ0) is 48.5. The average molecular weight is 972 g/mol. The summed E-state index contributed by atoms with van der Waals surface area (Å²) >= 11 is 0. The maximum absolute atomic E-state index is 7.27. The molecule has 0 spiro atoms. The summed E-state index contributed by atoms with van der Waals surface area (Å²) in [5, 5.41) is 3.84. The Morgan fingerprint density at radius 3 is 1.71 bits per heavy atom. The van der Waals surface area contributed by atoms with E-state index in [-0.39, 0.29) is 5.41 Å². The lowest BCUT2D eigenvalue weighted by Crippen LogP contribution is -2.66. The molecule has 12 heterocycles. The van der Waals surface area contributed by atoms with Crippen LogP contribution < -0.4 is 14.2 Å². The minimum absolute atomic E-state index is 0.195. The van der Waals surface area contributed by atoms with Gasteiger partial charge in [-0.2, -0.15) is 0 Å². The van der Waals surface area contributed by atoms with Gasteiger partial charge >= 0.3 is 0 Å². The van der Waals surface area contributed by atoms with Gasteiger partial charge in [-0.3, -0.25) is 14.7 Å². The Bertz CT molecular complexity index is 3090. The number of hydrogen-bond donors (Lipinski definition) is 0. The standard InChI is InChI=1S/C63H77N3O6/c1-8-35-18-34-19-51-57(35)64(30-34)38(22-49-46-25-41(68-6)12-15-55(46)70-60(49)51)21-44-37-20-52-59(43(44)10-3)65(31-37)39(23-50-47-26-42(69-7)13-16-56(47)71-61(50)52)28-63-27-36(9-2)58-53(29-63)62-48(17-33(4)66(58)32-63)45-24-40(67-5)11-14-54(45)72-62/h11-16,24-26,33-39,43-44,51-53,57-59H,8-10,17-23,27-32H2,1-7H3/t33-,34?,35?,36?,37?,38-,39-,43?,44?,51?,52?,53?,57?,58?,59?,63?/m1/s1. The van der Waals surface area contributed by atoms with Crippen molar-refractivity contribution in [2.45, 2.75) is 165 Å². The van der Waals surface area contributed by atoms with Crippen molar-refractivity contribution in [1.29, 1.82) is 0 Å². The number of hydrogen-bond acceptors (Lipinski definition) is 9. The molecule has 72 heavy (non-hydrogen) atoms. The zero-order valence-corrected chi connectivity index (χ0v) is 44.0. The number of ether oxygens (including phenoxy) is 3. The molecule has 9 nitrogen and oxygen atoms in total. The Morgan fingerprint density at radius 2 is 1.11 bits per heavy atom. The SMILES string of the molecule is CCC1CC2CC3c4oc5ccc(OC)cc5c4C[C@@H](CC4C5CC6c7oc8ccc(OC)cc8c7C[C@H](CC78CC(CC)C9C(C7)c7oc%10ccc(OC)cc%10c7C[C@@H](C)N9C8)N(C5)C6C4CC)N(C2)C13. The Kier molecular flexibility index (Phi) is 10.3. The van der Waals surface area contributed by atoms with E-state index >= 15 is 0 Å². The lowest BCUT2D eigenvalue weighted by Gasteiger charge is -2.63. The third kappa shape index (κ3) is 6.40. The van der Waals surface area contributed by atoms with Crippen LogP contribution in [0.1, 0.15) is 144 Å². The van der Waals surface area contributed by atoms with Crippen LogP contribution in [0.5, 0.6) is 17.2 Å². The molecule has 18 rings (SSSR count). The van der Waals surface area contributed by atoms with Gasteiger partial charge in [-0.05, 0) is 167 Å². The topological polar surface area (TPSA) is 76.8 Å². The first-order valence-corrected chi connectivity index (χ1v) is 28.7. The van der Waals surface area contributed by atoms with E-state index in [4.69, 9.17) is 27.5 Å². The molecule has 12 aliphatic rings. The van der Waals surface area contributed by atoms with Crippen LogP contribution in [0.25, 0.3) is 32.9 Å². The number of rotatable bonds is 10. The molecule has 3 aliphatic carbocycles. The molecular weight excluding hydrogens is 895 g/mol. The molecule has 9 fully saturated rings. The van der Waals surface area contributed by atoms with Gasteiger partial charge < -0.3 is 27.5 Å². The van der Waals surface area contributed by atoms with Crippen LogP contribution in [0.3, 0.4) is 0 Å². The van der Waals surface area contributed by atoms with E-state index in [0.717, 1.165) is 65.1 Å². The monoisotopic (exact) mass is 972 g/mol. The van der Waals surface area contributed by atoms with Crippen LogP contribution in [0.2, 0.25) is 0 Å². The van der Waals surface area contributed by atoms with Crippen LogP contribution in [-0.2, 0) is 19.3 Å². The summed E-state index contributed by atoms with van der Waals surface area (Å²) < 4.78 is 39.0. The molecule has 0 radical (unpaired) electrons. The quantitative estimate of drug-likeness (QED) is 0.133. The van der Waals surface area contributed by atoms with Crippen LogP contribution in [0.15, 0.2) is 67.8 Å². The van der Waals surface area contributed by atoms with Crippen molar-refractivity contribution in [1.82, 2.24) is 14.7 Å². The van der Waals surface area contributed by atoms with Crippen LogP contribution in [0, 0.1) is 40.9 Å². The van der Waals surface area contributed by atoms with Gasteiger partial charge in [0.05, 0.1) is 21.3 Å². The molecule has 9 aliphatic heterocycles. The lowest BCUT2D eigenvalue weighted by atomic mass is 9.55. The van der Waals surface area contributed by atoms with Crippen molar-refractivity contribution < 1.29 is 27.5 Å². The van der Waals surface area contributed by atoms with Crippen molar-refractivity contribution in [2.75, 3.05) is 41.0 Å². The first-order valence-electron chi connectivity index (χ1n) is 28.7. The fraction of sp³-hybridized carbons (Fsp3) is 0.619.